The maximum atomic E-state index is 2.40. The molecule has 0 N–H and O–H groups in total. The molecule has 6 aromatic carbocycles. The highest BCUT2D eigenvalue weighted by molar-refractivity contribution is 7.23. The Morgan fingerprint density at radius 3 is 1.74 bits per heavy atom. The van der Waals surface area contributed by atoms with Crippen LogP contribution in [0, 0.1) is 6.92 Å². The number of hydrogen-bond donors (Lipinski definition) is 0. The summed E-state index contributed by atoms with van der Waals surface area (Å²) in [4.78, 5) is 0. The molecule has 6 aromatic rings. The SMILES string of the molecule is Cc1ccc2c(c1)c1c(c3ccccc32)[Si](c2ccccc2)(c2ccccc2)c2ccccc2-1. The molecule has 0 spiro atoms. The smallest absolute Gasteiger partial charge is 0.0623 e. The molecule has 1 heteroatoms. The van der Waals surface area contributed by atoms with Crippen LogP contribution in [-0.2, 0) is 0 Å². The van der Waals surface area contributed by atoms with Crippen molar-refractivity contribution in [2.24, 2.45) is 0 Å². The Kier molecular flexibility index (Phi) is 4.18. The molecule has 34 heavy (non-hydrogen) atoms. The number of fused-ring (bicyclic) bond motifs is 8. The van der Waals surface area contributed by atoms with Gasteiger partial charge < -0.3 is 0 Å². The average Bonchev–Trinajstić information content (AvgIpc) is 3.22. The molecule has 0 bridgehead atoms. The van der Waals surface area contributed by atoms with Crippen LogP contribution in [0.1, 0.15) is 5.56 Å². The number of rotatable bonds is 2. The van der Waals surface area contributed by atoms with Gasteiger partial charge in [0.1, 0.15) is 0 Å². The lowest BCUT2D eigenvalue weighted by molar-refractivity contribution is 1.51. The highest BCUT2D eigenvalue weighted by Gasteiger charge is 2.50. The fourth-order valence-electron chi connectivity index (χ4n) is 6.28. The van der Waals surface area contributed by atoms with Crippen LogP contribution in [0.15, 0.2) is 127 Å². The topological polar surface area (TPSA) is 0 Å². The van der Waals surface area contributed by atoms with Gasteiger partial charge in [-0.1, -0.05) is 133 Å². The maximum Gasteiger partial charge on any atom is 0.181 e. The zero-order chi connectivity index (χ0) is 22.7. The highest BCUT2D eigenvalue weighted by atomic mass is 28.3. The van der Waals surface area contributed by atoms with Crippen molar-refractivity contribution >= 4 is 50.4 Å². The van der Waals surface area contributed by atoms with Gasteiger partial charge in [-0.05, 0) is 60.3 Å². The molecule has 0 fully saturated rings. The molecule has 0 saturated carbocycles. The Hall–Kier alpha value is -3.94. The summed E-state index contributed by atoms with van der Waals surface area (Å²) in [5.41, 5.74) is 4.15. The van der Waals surface area contributed by atoms with Crippen molar-refractivity contribution < 1.29 is 0 Å². The van der Waals surface area contributed by atoms with E-state index >= 15 is 0 Å². The molecule has 0 aliphatic carbocycles. The van der Waals surface area contributed by atoms with Gasteiger partial charge in [0.05, 0.1) is 0 Å². The molecule has 1 heterocycles. The summed E-state index contributed by atoms with van der Waals surface area (Å²) < 4.78 is 0. The first-order chi connectivity index (χ1) is 16.8. The van der Waals surface area contributed by atoms with Crippen LogP contribution in [0.5, 0.6) is 0 Å². The van der Waals surface area contributed by atoms with Crippen molar-refractivity contribution in [3.8, 4) is 11.1 Å². The van der Waals surface area contributed by atoms with E-state index in [0.29, 0.717) is 0 Å². The zero-order valence-electron chi connectivity index (χ0n) is 19.1. The lowest BCUT2D eigenvalue weighted by Gasteiger charge is -2.32. The van der Waals surface area contributed by atoms with Crippen LogP contribution in [0.4, 0.5) is 0 Å². The van der Waals surface area contributed by atoms with Crippen LogP contribution in [-0.4, -0.2) is 8.07 Å². The van der Waals surface area contributed by atoms with Crippen molar-refractivity contribution in [1.82, 2.24) is 0 Å². The largest absolute Gasteiger partial charge is 0.181 e. The Balaban J connectivity index is 1.82. The first-order valence-electron chi connectivity index (χ1n) is 12.0. The Morgan fingerprint density at radius 2 is 1.03 bits per heavy atom. The quantitative estimate of drug-likeness (QED) is 0.236. The fraction of sp³-hybridized carbons (Fsp3) is 0.0303. The minimum absolute atomic E-state index is 1.31. The van der Waals surface area contributed by atoms with Crippen molar-refractivity contribution in [1.29, 1.82) is 0 Å². The van der Waals surface area contributed by atoms with Crippen LogP contribution in [0.25, 0.3) is 32.7 Å². The molecule has 0 radical (unpaired) electrons. The number of hydrogen-bond acceptors (Lipinski definition) is 0. The van der Waals surface area contributed by atoms with E-state index in [9.17, 15) is 0 Å². The van der Waals surface area contributed by atoms with Crippen LogP contribution in [0.2, 0.25) is 0 Å². The van der Waals surface area contributed by atoms with E-state index in [1.165, 1.54) is 53.8 Å². The van der Waals surface area contributed by atoms with Crippen molar-refractivity contribution in [3.63, 3.8) is 0 Å². The Labute approximate surface area is 201 Å². The van der Waals surface area contributed by atoms with Crippen molar-refractivity contribution in [2.75, 3.05) is 0 Å². The van der Waals surface area contributed by atoms with Crippen molar-refractivity contribution in [2.45, 2.75) is 6.92 Å². The van der Waals surface area contributed by atoms with Gasteiger partial charge in [-0.3, -0.25) is 0 Å². The van der Waals surface area contributed by atoms with E-state index in [2.05, 4.69) is 134 Å². The second kappa shape index (κ2) is 7.28. The third-order valence-corrected chi connectivity index (χ3v) is 12.5. The van der Waals surface area contributed by atoms with Crippen LogP contribution in [0.3, 0.4) is 0 Å². The molecule has 0 aromatic heterocycles. The van der Waals surface area contributed by atoms with Gasteiger partial charge in [-0.25, -0.2) is 0 Å². The minimum atomic E-state index is -2.52. The van der Waals surface area contributed by atoms with Crippen LogP contribution >= 0.6 is 0 Å². The number of benzene rings is 6. The predicted octanol–water partition coefficient (Wildman–Crippen LogP) is 5.66. The minimum Gasteiger partial charge on any atom is -0.0623 e. The lowest BCUT2D eigenvalue weighted by atomic mass is 9.92. The van der Waals surface area contributed by atoms with Gasteiger partial charge >= 0.3 is 0 Å². The fourth-order valence-corrected chi connectivity index (χ4v) is 11.7. The van der Waals surface area contributed by atoms with Gasteiger partial charge in [0.15, 0.2) is 8.07 Å². The summed E-state index contributed by atoms with van der Waals surface area (Å²) >= 11 is 0. The lowest BCUT2D eigenvalue weighted by Crippen LogP contribution is -2.73. The van der Waals surface area contributed by atoms with Gasteiger partial charge in [-0.2, -0.15) is 0 Å². The molecule has 0 atom stereocenters. The predicted molar refractivity (Wildman–Crippen MR) is 149 cm³/mol. The monoisotopic (exact) mass is 448 g/mol. The standard InChI is InChI=1S/C33H24Si/c1-23-20-21-27-26-16-8-9-17-28(26)33-32(30(27)22-23)29-18-10-11-19-31(29)34(33,24-12-4-2-5-13-24)25-14-6-3-7-15-25/h2-22H,1H3. The van der Waals surface area contributed by atoms with E-state index < -0.39 is 8.07 Å². The third-order valence-electron chi connectivity index (χ3n) is 7.57. The molecular formula is C33H24Si. The Morgan fingerprint density at radius 1 is 0.471 bits per heavy atom. The summed E-state index contributed by atoms with van der Waals surface area (Å²) in [6, 6.07) is 47.8. The molecule has 1 aliphatic heterocycles. The van der Waals surface area contributed by atoms with Gasteiger partial charge in [-0.15, -0.1) is 0 Å². The average molecular weight is 449 g/mol. The van der Waals surface area contributed by atoms with E-state index in [0.717, 1.165) is 0 Å². The summed E-state index contributed by atoms with van der Waals surface area (Å²) in [6.45, 7) is 2.21. The second-order valence-electron chi connectivity index (χ2n) is 9.37. The maximum absolute atomic E-state index is 2.52. The van der Waals surface area contributed by atoms with E-state index in [-0.39, 0.29) is 0 Å². The van der Waals surface area contributed by atoms with Gasteiger partial charge in [0, 0.05) is 0 Å². The first-order valence-corrected chi connectivity index (χ1v) is 14.0. The molecule has 0 saturated heterocycles. The highest BCUT2D eigenvalue weighted by Crippen LogP contribution is 2.39. The molecule has 1 aliphatic rings. The summed E-state index contributed by atoms with van der Waals surface area (Å²) in [5, 5.41) is 11.4. The van der Waals surface area contributed by atoms with Gasteiger partial charge in [0.2, 0.25) is 0 Å². The molecule has 0 nitrogen and oxygen atoms in total. The summed E-state index contributed by atoms with van der Waals surface area (Å²) in [7, 11) is -2.52. The van der Waals surface area contributed by atoms with E-state index in [4.69, 9.17) is 0 Å². The number of aryl methyl sites for hydroxylation is 1. The molecular weight excluding hydrogens is 424 g/mol. The van der Waals surface area contributed by atoms with Crippen LogP contribution < -0.4 is 20.7 Å². The van der Waals surface area contributed by atoms with E-state index in [1.54, 1.807) is 5.19 Å². The summed E-state index contributed by atoms with van der Waals surface area (Å²) in [5.74, 6) is 0. The first kappa shape index (κ1) is 19.5. The van der Waals surface area contributed by atoms with Gasteiger partial charge in [0.25, 0.3) is 0 Å². The molecule has 7 rings (SSSR count). The molecule has 0 unspecified atom stereocenters. The normalized spacial score (nSPS) is 13.7. The third kappa shape index (κ3) is 2.48. The molecule has 160 valence electrons. The van der Waals surface area contributed by atoms with E-state index in [1.807, 2.05) is 0 Å². The summed E-state index contributed by atoms with van der Waals surface area (Å²) in [6.07, 6.45) is 0. The molecule has 0 amide bonds. The van der Waals surface area contributed by atoms with Crippen molar-refractivity contribution in [3.05, 3.63) is 133 Å². The second-order valence-corrected chi connectivity index (χ2v) is 13.1. The zero-order valence-corrected chi connectivity index (χ0v) is 20.1. The Bertz CT molecular complexity index is 1660.